The van der Waals surface area contributed by atoms with Gasteiger partial charge in [-0.15, -0.1) is 0 Å². The molecule has 3 heterocycles. The number of ether oxygens (including phenoxy) is 3. The van der Waals surface area contributed by atoms with Crippen molar-refractivity contribution in [1.29, 1.82) is 0 Å². The van der Waals surface area contributed by atoms with Crippen LogP contribution in [-0.2, 0) is 16.5 Å². The maximum absolute atomic E-state index is 8.68. The van der Waals surface area contributed by atoms with E-state index in [4.69, 9.17) is 19.3 Å². The van der Waals surface area contributed by atoms with Crippen molar-refractivity contribution in [3.8, 4) is 17.0 Å². The second kappa shape index (κ2) is 9.87. The van der Waals surface area contributed by atoms with Crippen LogP contribution in [0.25, 0.3) is 32.9 Å². The summed E-state index contributed by atoms with van der Waals surface area (Å²) in [6.45, 7) is 1.75. The first kappa shape index (κ1) is 21.8. The third-order valence-electron chi connectivity index (χ3n) is 6.24. The van der Waals surface area contributed by atoms with E-state index in [2.05, 4.69) is 45.8 Å². The lowest BCUT2D eigenvalue weighted by molar-refractivity contribution is -0.0665. The van der Waals surface area contributed by atoms with Crippen LogP contribution in [0.1, 0.15) is 19.3 Å². The van der Waals surface area contributed by atoms with Crippen LogP contribution in [0.5, 0.6) is 5.88 Å². The number of rotatable bonds is 10. The highest BCUT2D eigenvalue weighted by molar-refractivity contribution is 6.08. The van der Waals surface area contributed by atoms with Crippen LogP contribution in [0.2, 0.25) is 0 Å². The Bertz CT molecular complexity index is 1220. The Morgan fingerprint density at radius 3 is 2.64 bits per heavy atom. The molecular formula is C26H29N3O4. The molecule has 0 unspecified atom stereocenters. The SMILES string of the molecule is Cn1c2ccncc2c2ccc(-c3ccc(OC4CC(OCCCOCCO)C4)nc3)cc21. The average Bonchev–Trinajstić information content (AvgIpc) is 3.11. The van der Waals surface area contributed by atoms with Crippen LogP contribution in [-0.4, -0.2) is 58.3 Å². The summed E-state index contributed by atoms with van der Waals surface area (Å²) in [5.74, 6) is 0.649. The van der Waals surface area contributed by atoms with Crippen molar-refractivity contribution in [3.05, 3.63) is 55.0 Å². The number of hydrogen-bond donors (Lipinski definition) is 1. The molecule has 33 heavy (non-hydrogen) atoms. The first-order valence-electron chi connectivity index (χ1n) is 11.5. The van der Waals surface area contributed by atoms with Gasteiger partial charge in [0.15, 0.2) is 0 Å². The summed E-state index contributed by atoms with van der Waals surface area (Å²) < 4.78 is 19.3. The number of pyridine rings is 2. The van der Waals surface area contributed by atoms with Crippen LogP contribution in [0.3, 0.4) is 0 Å². The van der Waals surface area contributed by atoms with Gasteiger partial charge in [0, 0.05) is 79.6 Å². The minimum Gasteiger partial charge on any atom is -0.474 e. The average molecular weight is 448 g/mol. The van der Waals surface area contributed by atoms with Gasteiger partial charge in [-0.25, -0.2) is 4.98 Å². The van der Waals surface area contributed by atoms with E-state index in [0.717, 1.165) is 30.4 Å². The standard InChI is InChI=1S/C26H29N3O4/c1-29-24-7-8-27-17-23(24)22-5-3-18(13-25(22)29)19-4-6-26(28-16-19)33-21-14-20(15-21)32-11-2-10-31-12-9-30/h3-8,13,16-17,20-21,30H,2,9-12,14-15H2,1H3. The summed E-state index contributed by atoms with van der Waals surface area (Å²) in [6.07, 6.45) is 8.63. The Labute approximate surface area is 192 Å². The minimum atomic E-state index is 0.0644. The van der Waals surface area contributed by atoms with Crippen LogP contribution in [0, 0.1) is 0 Å². The lowest BCUT2D eigenvalue weighted by Gasteiger charge is -2.34. The zero-order chi connectivity index (χ0) is 22.6. The van der Waals surface area contributed by atoms with Gasteiger partial charge in [0.2, 0.25) is 5.88 Å². The van der Waals surface area contributed by atoms with Crippen LogP contribution in [0.15, 0.2) is 55.0 Å². The number of hydrogen-bond acceptors (Lipinski definition) is 6. The number of aryl methyl sites for hydroxylation is 1. The van der Waals surface area contributed by atoms with Crippen molar-refractivity contribution in [3.63, 3.8) is 0 Å². The van der Waals surface area contributed by atoms with Crippen molar-refractivity contribution in [2.24, 2.45) is 7.05 Å². The molecule has 172 valence electrons. The fraction of sp³-hybridized carbons (Fsp3) is 0.385. The molecule has 0 spiro atoms. The van der Waals surface area contributed by atoms with Crippen molar-refractivity contribution in [2.45, 2.75) is 31.5 Å². The fourth-order valence-corrected chi connectivity index (χ4v) is 4.35. The third kappa shape index (κ3) is 4.71. The maximum atomic E-state index is 8.68. The van der Waals surface area contributed by atoms with E-state index in [9.17, 15) is 0 Å². The molecule has 7 heteroatoms. The largest absolute Gasteiger partial charge is 0.474 e. The number of fused-ring (bicyclic) bond motifs is 3. The normalized spacial score (nSPS) is 18.0. The van der Waals surface area contributed by atoms with E-state index in [1.165, 1.54) is 21.8 Å². The molecule has 0 bridgehead atoms. The van der Waals surface area contributed by atoms with E-state index in [1.54, 1.807) is 0 Å². The lowest BCUT2D eigenvalue weighted by atomic mass is 9.92. The second-order valence-electron chi connectivity index (χ2n) is 8.46. The van der Waals surface area contributed by atoms with Gasteiger partial charge in [0.1, 0.15) is 6.10 Å². The summed E-state index contributed by atoms with van der Waals surface area (Å²) in [7, 11) is 2.09. The zero-order valence-corrected chi connectivity index (χ0v) is 18.8. The van der Waals surface area contributed by atoms with Crippen LogP contribution >= 0.6 is 0 Å². The molecule has 1 aliphatic rings. The van der Waals surface area contributed by atoms with Crippen molar-refractivity contribution in [1.82, 2.24) is 14.5 Å². The summed E-state index contributed by atoms with van der Waals surface area (Å²) in [4.78, 5) is 8.81. The first-order chi connectivity index (χ1) is 16.2. The number of aliphatic hydroxyl groups excluding tert-OH is 1. The summed E-state index contributed by atoms with van der Waals surface area (Å²) in [6, 6.07) is 12.5. The monoisotopic (exact) mass is 447 g/mol. The van der Waals surface area contributed by atoms with Crippen molar-refractivity contribution >= 4 is 21.8 Å². The summed E-state index contributed by atoms with van der Waals surface area (Å²) in [5, 5.41) is 11.0. The zero-order valence-electron chi connectivity index (χ0n) is 18.8. The van der Waals surface area contributed by atoms with E-state index >= 15 is 0 Å². The Balaban J connectivity index is 1.16. The van der Waals surface area contributed by atoms with Gasteiger partial charge in [0.05, 0.1) is 24.8 Å². The highest BCUT2D eigenvalue weighted by Crippen LogP contribution is 2.32. The number of benzene rings is 1. The molecule has 0 aliphatic heterocycles. The fourth-order valence-electron chi connectivity index (χ4n) is 4.35. The van der Waals surface area contributed by atoms with E-state index in [0.29, 0.717) is 25.7 Å². The molecule has 1 saturated carbocycles. The molecule has 0 saturated heterocycles. The highest BCUT2D eigenvalue weighted by Gasteiger charge is 2.31. The Morgan fingerprint density at radius 2 is 1.82 bits per heavy atom. The maximum Gasteiger partial charge on any atom is 0.213 e. The molecular weight excluding hydrogens is 418 g/mol. The third-order valence-corrected chi connectivity index (χ3v) is 6.24. The van der Waals surface area contributed by atoms with Gasteiger partial charge in [-0.05, 0) is 30.2 Å². The van der Waals surface area contributed by atoms with Crippen molar-refractivity contribution in [2.75, 3.05) is 26.4 Å². The van der Waals surface area contributed by atoms with E-state index < -0.39 is 0 Å². The highest BCUT2D eigenvalue weighted by atomic mass is 16.5. The molecule has 0 radical (unpaired) electrons. The van der Waals surface area contributed by atoms with E-state index in [1.807, 2.05) is 30.7 Å². The number of aliphatic hydroxyl groups is 1. The second-order valence-corrected chi connectivity index (χ2v) is 8.46. The predicted octanol–water partition coefficient (Wildman–Crippen LogP) is 4.11. The summed E-state index contributed by atoms with van der Waals surface area (Å²) >= 11 is 0. The molecule has 1 aromatic carbocycles. The first-order valence-corrected chi connectivity index (χ1v) is 11.5. The molecule has 1 aliphatic carbocycles. The molecule has 1 N–H and O–H groups in total. The number of aromatic nitrogens is 3. The Morgan fingerprint density at radius 1 is 0.939 bits per heavy atom. The molecule has 0 amide bonds. The predicted molar refractivity (Wildman–Crippen MR) is 127 cm³/mol. The molecule has 3 aromatic heterocycles. The van der Waals surface area contributed by atoms with Gasteiger partial charge in [-0.3, -0.25) is 4.98 Å². The Hall–Kier alpha value is -3.00. The van der Waals surface area contributed by atoms with Crippen LogP contribution < -0.4 is 4.74 Å². The topological polar surface area (TPSA) is 78.6 Å². The van der Waals surface area contributed by atoms with Crippen molar-refractivity contribution < 1.29 is 19.3 Å². The molecule has 4 aromatic rings. The van der Waals surface area contributed by atoms with Gasteiger partial charge in [-0.1, -0.05) is 12.1 Å². The lowest BCUT2D eigenvalue weighted by Crippen LogP contribution is -2.39. The smallest absolute Gasteiger partial charge is 0.213 e. The molecule has 5 rings (SSSR count). The molecule has 7 nitrogen and oxygen atoms in total. The summed E-state index contributed by atoms with van der Waals surface area (Å²) in [5.41, 5.74) is 4.54. The molecule has 1 fully saturated rings. The van der Waals surface area contributed by atoms with Gasteiger partial charge < -0.3 is 23.9 Å². The van der Waals surface area contributed by atoms with Crippen LogP contribution in [0.4, 0.5) is 0 Å². The minimum absolute atomic E-state index is 0.0644. The quantitative estimate of drug-likeness (QED) is 0.369. The molecule has 0 atom stereocenters. The van der Waals surface area contributed by atoms with Gasteiger partial charge in [0.25, 0.3) is 0 Å². The van der Waals surface area contributed by atoms with Gasteiger partial charge >= 0.3 is 0 Å². The van der Waals surface area contributed by atoms with Gasteiger partial charge in [-0.2, -0.15) is 0 Å². The van der Waals surface area contributed by atoms with E-state index in [-0.39, 0.29) is 18.8 Å². The Kier molecular flexibility index (Phi) is 6.53. The number of nitrogens with zero attached hydrogens (tertiary/aromatic N) is 3.